The standard InChI is InChI=1S/C10H7BrClF3OS/c1-5(16)9(11)8-6(12)3-2-4-7(8)17-10(13,14)15/h2-4,9H,1H3. The van der Waals surface area contributed by atoms with Crippen molar-refractivity contribution in [3.8, 4) is 0 Å². The molecule has 1 unspecified atom stereocenters. The molecule has 94 valence electrons. The van der Waals surface area contributed by atoms with Gasteiger partial charge >= 0.3 is 5.51 Å². The molecule has 1 nitrogen and oxygen atoms in total. The Morgan fingerprint density at radius 1 is 1.47 bits per heavy atom. The van der Waals surface area contributed by atoms with Gasteiger partial charge in [0, 0.05) is 15.5 Å². The Hall–Kier alpha value is -0.200. The molecule has 0 heterocycles. The van der Waals surface area contributed by atoms with Gasteiger partial charge in [0.15, 0.2) is 0 Å². The van der Waals surface area contributed by atoms with Gasteiger partial charge in [-0.3, -0.25) is 4.79 Å². The highest BCUT2D eigenvalue weighted by Gasteiger charge is 2.32. The van der Waals surface area contributed by atoms with Crippen LogP contribution in [0.25, 0.3) is 0 Å². The van der Waals surface area contributed by atoms with E-state index in [0.29, 0.717) is 0 Å². The van der Waals surface area contributed by atoms with Crippen molar-refractivity contribution in [3.05, 3.63) is 28.8 Å². The number of carbonyl (C=O) groups excluding carboxylic acids is 1. The molecule has 1 aromatic rings. The molecule has 0 saturated carbocycles. The molecule has 0 amide bonds. The molecule has 0 N–H and O–H groups in total. The average Bonchev–Trinajstić information content (AvgIpc) is 2.14. The number of hydrogen-bond donors (Lipinski definition) is 0. The molecule has 0 spiro atoms. The number of carbonyl (C=O) groups is 1. The second-order valence-electron chi connectivity index (χ2n) is 3.17. The van der Waals surface area contributed by atoms with E-state index < -0.39 is 10.3 Å². The fraction of sp³-hybridized carbons (Fsp3) is 0.300. The fourth-order valence-electron chi connectivity index (χ4n) is 1.18. The van der Waals surface area contributed by atoms with E-state index in [1.807, 2.05) is 0 Å². The zero-order chi connectivity index (χ0) is 13.2. The molecule has 0 aromatic heterocycles. The highest BCUT2D eigenvalue weighted by atomic mass is 79.9. The van der Waals surface area contributed by atoms with Crippen molar-refractivity contribution in [3.63, 3.8) is 0 Å². The molecular formula is C10H7BrClF3OS. The monoisotopic (exact) mass is 346 g/mol. The van der Waals surface area contributed by atoms with Crippen molar-refractivity contribution in [1.82, 2.24) is 0 Å². The number of halogens is 5. The molecule has 0 saturated heterocycles. The third kappa shape index (κ3) is 4.19. The normalized spacial score (nSPS) is 13.5. The lowest BCUT2D eigenvalue weighted by Gasteiger charge is -2.15. The number of alkyl halides is 4. The summed E-state index contributed by atoms with van der Waals surface area (Å²) in [6.45, 7) is 1.28. The summed E-state index contributed by atoms with van der Waals surface area (Å²) in [5.41, 5.74) is -4.26. The van der Waals surface area contributed by atoms with Crippen molar-refractivity contribution < 1.29 is 18.0 Å². The second kappa shape index (κ2) is 5.63. The van der Waals surface area contributed by atoms with Gasteiger partial charge in [0.2, 0.25) is 0 Å². The zero-order valence-electron chi connectivity index (χ0n) is 8.52. The van der Waals surface area contributed by atoms with Crippen LogP contribution in [-0.2, 0) is 4.79 Å². The molecule has 0 aliphatic carbocycles. The van der Waals surface area contributed by atoms with Gasteiger partial charge in [0.05, 0.1) is 0 Å². The van der Waals surface area contributed by atoms with Gasteiger partial charge in [0.25, 0.3) is 0 Å². The number of hydrogen-bond acceptors (Lipinski definition) is 2. The van der Waals surface area contributed by atoms with Crippen LogP contribution in [0.15, 0.2) is 23.1 Å². The van der Waals surface area contributed by atoms with Crippen LogP contribution in [-0.4, -0.2) is 11.3 Å². The van der Waals surface area contributed by atoms with Gasteiger partial charge in [-0.25, -0.2) is 0 Å². The Morgan fingerprint density at radius 3 is 2.53 bits per heavy atom. The molecule has 0 fully saturated rings. The van der Waals surface area contributed by atoms with E-state index in [4.69, 9.17) is 11.6 Å². The van der Waals surface area contributed by atoms with Crippen LogP contribution < -0.4 is 0 Å². The van der Waals surface area contributed by atoms with E-state index in [0.717, 1.165) is 0 Å². The lowest BCUT2D eigenvalue weighted by Crippen LogP contribution is -2.06. The van der Waals surface area contributed by atoms with Gasteiger partial charge < -0.3 is 0 Å². The maximum absolute atomic E-state index is 12.3. The number of thioether (sulfide) groups is 1. The Morgan fingerprint density at radius 2 is 2.06 bits per heavy atom. The van der Waals surface area contributed by atoms with Crippen molar-refractivity contribution in [2.45, 2.75) is 22.2 Å². The zero-order valence-corrected chi connectivity index (χ0v) is 11.7. The third-order valence-electron chi connectivity index (χ3n) is 1.85. The molecule has 1 rings (SSSR count). The smallest absolute Gasteiger partial charge is 0.298 e. The number of Topliss-reactive ketones (excluding diaryl/α,β-unsaturated/α-hetero) is 1. The van der Waals surface area contributed by atoms with Crippen molar-refractivity contribution in [2.75, 3.05) is 0 Å². The first-order chi connectivity index (χ1) is 7.72. The Bertz CT molecular complexity index is 436. The molecular weight excluding hydrogens is 341 g/mol. The van der Waals surface area contributed by atoms with Crippen molar-refractivity contribution >= 4 is 45.1 Å². The van der Waals surface area contributed by atoms with Crippen molar-refractivity contribution in [1.29, 1.82) is 0 Å². The lowest BCUT2D eigenvalue weighted by atomic mass is 10.1. The largest absolute Gasteiger partial charge is 0.446 e. The fourth-order valence-corrected chi connectivity index (χ4v) is 3.03. The summed E-state index contributed by atoms with van der Waals surface area (Å²) in [6.07, 6.45) is 0. The quantitative estimate of drug-likeness (QED) is 0.567. The summed E-state index contributed by atoms with van der Waals surface area (Å²) in [6, 6.07) is 4.16. The van der Waals surface area contributed by atoms with E-state index in [1.165, 1.54) is 25.1 Å². The third-order valence-corrected chi connectivity index (χ3v) is 4.09. The minimum absolute atomic E-state index is 0.0675. The van der Waals surface area contributed by atoms with Crippen molar-refractivity contribution in [2.24, 2.45) is 0 Å². The van der Waals surface area contributed by atoms with Crippen LogP contribution in [0, 0.1) is 0 Å². The van der Waals surface area contributed by atoms with Gasteiger partial charge in [-0.1, -0.05) is 33.6 Å². The van der Waals surface area contributed by atoms with Crippen LogP contribution >= 0.6 is 39.3 Å². The van der Waals surface area contributed by atoms with Crippen LogP contribution in [0.4, 0.5) is 13.2 Å². The van der Waals surface area contributed by atoms with Gasteiger partial charge in [-0.05, 0) is 30.8 Å². The van der Waals surface area contributed by atoms with E-state index in [-0.39, 0.29) is 33.0 Å². The highest BCUT2D eigenvalue weighted by Crippen LogP contribution is 2.44. The Balaban J connectivity index is 3.22. The molecule has 0 aliphatic rings. The molecule has 7 heteroatoms. The lowest BCUT2D eigenvalue weighted by molar-refractivity contribution is -0.116. The van der Waals surface area contributed by atoms with E-state index in [2.05, 4.69) is 15.9 Å². The average molecular weight is 348 g/mol. The highest BCUT2D eigenvalue weighted by molar-refractivity contribution is 9.09. The summed E-state index contributed by atoms with van der Waals surface area (Å²) in [5, 5.41) is 0.135. The molecule has 0 bridgehead atoms. The summed E-state index contributed by atoms with van der Waals surface area (Å²) in [7, 11) is 0. The minimum Gasteiger partial charge on any atom is -0.298 e. The number of benzene rings is 1. The summed E-state index contributed by atoms with van der Waals surface area (Å²) < 4.78 is 37.0. The Labute approximate surface area is 114 Å². The maximum Gasteiger partial charge on any atom is 0.446 e. The SMILES string of the molecule is CC(=O)C(Br)c1c(Cl)cccc1SC(F)(F)F. The Kier molecular flexibility index (Phi) is 4.92. The predicted molar refractivity (Wildman–Crippen MR) is 65.7 cm³/mol. The topological polar surface area (TPSA) is 17.1 Å². The van der Waals surface area contributed by atoms with Crippen LogP contribution in [0.2, 0.25) is 5.02 Å². The van der Waals surface area contributed by atoms with Gasteiger partial charge in [0.1, 0.15) is 10.6 Å². The summed E-state index contributed by atoms with van der Waals surface area (Å²) >= 11 is 8.60. The van der Waals surface area contributed by atoms with Crippen LogP contribution in [0.5, 0.6) is 0 Å². The first kappa shape index (κ1) is 14.9. The van der Waals surface area contributed by atoms with E-state index >= 15 is 0 Å². The van der Waals surface area contributed by atoms with E-state index in [1.54, 1.807) is 0 Å². The molecule has 1 atom stereocenters. The van der Waals surface area contributed by atoms with Gasteiger partial charge in [-0.2, -0.15) is 13.2 Å². The summed E-state index contributed by atoms with van der Waals surface area (Å²) in [5.74, 6) is -0.304. The number of ketones is 1. The summed E-state index contributed by atoms with van der Waals surface area (Å²) in [4.78, 5) is 10.3. The van der Waals surface area contributed by atoms with Gasteiger partial charge in [-0.15, -0.1) is 0 Å². The first-order valence-corrected chi connectivity index (χ1v) is 6.52. The first-order valence-electron chi connectivity index (χ1n) is 4.41. The maximum atomic E-state index is 12.3. The molecule has 0 aliphatic heterocycles. The molecule has 17 heavy (non-hydrogen) atoms. The number of rotatable bonds is 3. The second-order valence-corrected chi connectivity index (χ2v) is 5.60. The van der Waals surface area contributed by atoms with Crippen LogP contribution in [0.1, 0.15) is 17.3 Å². The van der Waals surface area contributed by atoms with E-state index in [9.17, 15) is 18.0 Å². The molecule has 1 aromatic carbocycles. The predicted octanol–water partition coefficient (Wildman–Crippen LogP) is 4.98. The molecule has 0 radical (unpaired) electrons. The minimum atomic E-state index is -4.41. The van der Waals surface area contributed by atoms with Crippen LogP contribution in [0.3, 0.4) is 0 Å².